The zero-order chi connectivity index (χ0) is 17.8. The van der Waals surface area contributed by atoms with Crippen LogP contribution in [-0.2, 0) is 24.4 Å². The van der Waals surface area contributed by atoms with Crippen LogP contribution in [0.15, 0.2) is 35.5 Å². The van der Waals surface area contributed by atoms with Crippen LogP contribution in [0.5, 0.6) is 0 Å². The molecule has 2 aromatic rings. The Morgan fingerprint density at radius 2 is 1.88 bits per heavy atom. The zero-order valence-electron chi connectivity index (χ0n) is 14.2. The van der Waals surface area contributed by atoms with Gasteiger partial charge in [0.25, 0.3) is 0 Å². The van der Waals surface area contributed by atoms with Gasteiger partial charge >= 0.3 is 0 Å². The van der Waals surface area contributed by atoms with Crippen molar-refractivity contribution in [2.45, 2.75) is 11.4 Å². The van der Waals surface area contributed by atoms with Gasteiger partial charge in [-0.25, -0.2) is 4.98 Å². The van der Waals surface area contributed by atoms with Gasteiger partial charge in [0.05, 0.1) is 27.3 Å². The van der Waals surface area contributed by atoms with E-state index in [1.54, 1.807) is 18.2 Å². The van der Waals surface area contributed by atoms with E-state index >= 15 is 0 Å². The number of halogens is 2. The first-order valence-electron chi connectivity index (χ1n) is 8.27. The SMILES string of the molecule is Cn1ccnc1CN1CCN(CCS(=O)c2cc(Cl)ccc2Cl)CC1. The van der Waals surface area contributed by atoms with Gasteiger partial charge < -0.3 is 4.57 Å². The molecule has 1 aliphatic heterocycles. The fraction of sp³-hybridized carbons (Fsp3) is 0.471. The highest BCUT2D eigenvalue weighted by molar-refractivity contribution is 7.85. The molecule has 1 unspecified atom stereocenters. The molecule has 1 aliphatic rings. The number of nitrogens with zero attached hydrogens (tertiary/aromatic N) is 4. The number of hydrogen-bond donors (Lipinski definition) is 0. The van der Waals surface area contributed by atoms with Crippen molar-refractivity contribution in [3.8, 4) is 0 Å². The number of rotatable bonds is 6. The van der Waals surface area contributed by atoms with Crippen LogP contribution in [0, 0.1) is 0 Å². The van der Waals surface area contributed by atoms with E-state index in [0.29, 0.717) is 20.7 Å². The van der Waals surface area contributed by atoms with E-state index < -0.39 is 10.8 Å². The van der Waals surface area contributed by atoms with Gasteiger partial charge in [0.2, 0.25) is 0 Å². The van der Waals surface area contributed by atoms with Crippen molar-refractivity contribution in [1.82, 2.24) is 19.4 Å². The molecule has 25 heavy (non-hydrogen) atoms. The number of benzene rings is 1. The maximum Gasteiger partial charge on any atom is 0.122 e. The number of aromatic nitrogens is 2. The summed E-state index contributed by atoms with van der Waals surface area (Å²) in [5.41, 5.74) is 0. The molecular formula is C17H22Cl2N4OS. The molecule has 1 aromatic carbocycles. The maximum absolute atomic E-state index is 12.5. The van der Waals surface area contributed by atoms with Gasteiger partial charge in [-0.3, -0.25) is 14.0 Å². The molecule has 1 saturated heterocycles. The van der Waals surface area contributed by atoms with Crippen LogP contribution in [0.25, 0.3) is 0 Å². The summed E-state index contributed by atoms with van der Waals surface area (Å²) < 4.78 is 14.6. The number of imidazole rings is 1. The van der Waals surface area contributed by atoms with E-state index in [1.807, 2.05) is 19.4 Å². The lowest BCUT2D eigenvalue weighted by Crippen LogP contribution is -2.47. The minimum absolute atomic E-state index is 0.516. The van der Waals surface area contributed by atoms with E-state index in [-0.39, 0.29) is 0 Å². The van der Waals surface area contributed by atoms with E-state index in [9.17, 15) is 4.21 Å². The molecule has 2 heterocycles. The molecule has 0 amide bonds. The van der Waals surface area contributed by atoms with Gasteiger partial charge in [0.1, 0.15) is 5.82 Å². The smallest absolute Gasteiger partial charge is 0.122 e. The highest BCUT2D eigenvalue weighted by atomic mass is 35.5. The molecule has 136 valence electrons. The number of aryl methyl sites for hydroxylation is 1. The Labute approximate surface area is 161 Å². The van der Waals surface area contributed by atoms with E-state index in [2.05, 4.69) is 19.4 Å². The van der Waals surface area contributed by atoms with Crippen LogP contribution in [0.4, 0.5) is 0 Å². The second-order valence-corrected chi connectivity index (χ2v) is 8.58. The Balaban J connectivity index is 1.45. The van der Waals surface area contributed by atoms with Crippen LogP contribution in [0.2, 0.25) is 10.0 Å². The van der Waals surface area contributed by atoms with E-state index in [0.717, 1.165) is 45.1 Å². The van der Waals surface area contributed by atoms with Gasteiger partial charge in [0.15, 0.2) is 0 Å². The topological polar surface area (TPSA) is 41.4 Å². The first-order chi connectivity index (χ1) is 12.0. The lowest BCUT2D eigenvalue weighted by molar-refractivity contribution is 0.129. The predicted molar refractivity (Wildman–Crippen MR) is 103 cm³/mol. The first-order valence-corrected chi connectivity index (χ1v) is 10.3. The Bertz CT molecular complexity index is 744. The summed E-state index contributed by atoms with van der Waals surface area (Å²) in [5.74, 6) is 1.66. The summed E-state index contributed by atoms with van der Waals surface area (Å²) in [6, 6.07) is 5.11. The predicted octanol–water partition coefficient (Wildman–Crippen LogP) is 2.65. The Kier molecular flexibility index (Phi) is 6.52. The molecule has 0 N–H and O–H groups in total. The van der Waals surface area contributed by atoms with Crippen molar-refractivity contribution >= 4 is 34.0 Å². The summed E-state index contributed by atoms with van der Waals surface area (Å²) >= 11 is 12.1. The second-order valence-electron chi connectivity index (χ2n) is 6.20. The van der Waals surface area contributed by atoms with Crippen molar-refractivity contribution < 1.29 is 4.21 Å². The second kappa shape index (κ2) is 8.64. The highest BCUT2D eigenvalue weighted by Crippen LogP contribution is 2.24. The third kappa shape index (κ3) is 5.05. The first kappa shape index (κ1) is 18.9. The third-order valence-electron chi connectivity index (χ3n) is 4.48. The highest BCUT2D eigenvalue weighted by Gasteiger charge is 2.19. The van der Waals surface area contributed by atoms with Crippen LogP contribution in [-0.4, -0.2) is 62.0 Å². The standard InChI is InChI=1S/C17H22Cl2N4OS/c1-21-5-4-20-17(21)13-23-8-6-22(7-9-23)10-11-25(24)16-12-14(18)2-3-15(16)19/h2-5,12H,6-11,13H2,1H3. The lowest BCUT2D eigenvalue weighted by Gasteiger charge is -2.34. The quantitative estimate of drug-likeness (QED) is 0.747. The Hall–Kier alpha value is -0.920. The lowest BCUT2D eigenvalue weighted by atomic mass is 10.3. The van der Waals surface area contributed by atoms with Crippen LogP contribution < -0.4 is 0 Å². The molecule has 5 nitrogen and oxygen atoms in total. The van der Waals surface area contributed by atoms with Crippen molar-refractivity contribution in [3.63, 3.8) is 0 Å². The third-order valence-corrected chi connectivity index (χ3v) is 6.54. The van der Waals surface area contributed by atoms with Gasteiger partial charge in [-0.2, -0.15) is 0 Å². The molecule has 0 spiro atoms. The molecule has 0 saturated carbocycles. The molecular weight excluding hydrogens is 379 g/mol. The number of piperazine rings is 1. The van der Waals surface area contributed by atoms with Crippen molar-refractivity contribution in [2.24, 2.45) is 7.05 Å². The summed E-state index contributed by atoms with van der Waals surface area (Å²) in [6.07, 6.45) is 3.81. The monoisotopic (exact) mass is 400 g/mol. The molecule has 1 fully saturated rings. The number of hydrogen-bond acceptors (Lipinski definition) is 4. The minimum atomic E-state index is -1.13. The summed E-state index contributed by atoms with van der Waals surface area (Å²) in [5, 5.41) is 1.08. The molecule has 3 rings (SSSR count). The maximum atomic E-state index is 12.5. The molecule has 1 atom stereocenters. The Morgan fingerprint density at radius 1 is 1.16 bits per heavy atom. The average Bonchev–Trinajstić information content (AvgIpc) is 3.01. The van der Waals surface area contributed by atoms with Gasteiger partial charge in [-0.15, -0.1) is 0 Å². The fourth-order valence-corrected chi connectivity index (χ4v) is 4.69. The van der Waals surface area contributed by atoms with Crippen LogP contribution >= 0.6 is 23.2 Å². The van der Waals surface area contributed by atoms with Gasteiger partial charge in [-0.05, 0) is 18.2 Å². The largest absolute Gasteiger partial charge is 0.337 e. The van der Waals surface area contributed by atoms with Crippen molar-refractivity contribution in [1.29, 1.82) is 0 Å². The molecule has 8 heteroatoms. The van der Waals surface area contributed by atoms with Gasteiger partial charge in [0, 0.05) is 62.9 Å². The molecule has 0 bridgehead atoms. The summed E-state index contributed by atoms with van der Waals surface area (Å²) in [6.45, 7) is 5.62. The van der Waals surface area contributed by atoms with Crippen molar-refractivity contribution in [3.05, 3.63) is 46.5 Å². The van der Waals surface area contributed by atoms with Crippen molar-refractivity contribution in [2.75, 3.05) is 38.5 Å². The molecule has 1 aromatic heterocycles. The zero-order valence-corrected chi connectivity index (χ0v) is 16.5. The summed E-state index contributed by atoms with van der Waals surface area (Å²) in [4.78, 5) is 9.77. The van der Waals surface area contributed by atoms with Crippen LogP contribution in [0.1, 0.15) is 5.82 Å². The average molecular weight is 401 g/mol. The van der Waals surface area contributed by atoms with Gasteiger partial charge in [-0.1, -0.05) is 23.2 Å². The van der Waals surface area contributed by atoms with E-state index in [1.165, 1.54) is 0 Å². The fourth-order valence-electron chi connectivity index (χ4n) is 2.89. The van der Waals surface area contributed by atoms with Crippen LogP contribution in [0.3, 0.4) is 0 Å². The van der Waals surface area contributed by atoms with E-state index in [4.69, 9.17) is 23.2 Å². The molecule has 0 radical (unpaired) electrons. The normalized spacial score (nSPS) is 17.7. The summed E-state index contributed by atoms with van der Waals surface area (Å²) in [7, 11) is 0.893. The molecule has 0 aliphatic carbocycles. The Morgan fingerprint density at radius 3 is 2.56 bits per heavy atom. The minimum Gasteiger partial charge on any atom is -0.337 e.